The molecule has 0 aliphatic carbocycles. The number of nitrogens with zero attached hydrogens (tertiary/aromatic N) is 4. The first-order valence-electron chi connectivity index (χ1n) is 11.5. The van der Waals surface area contributed by atoms with E-state index in [1.165, 1.54) is 0 Å². The molecule has 1 heterocycles. The van der Waals surface area contributed by atoms with E-state index in [9.17, 15) is 39.6 Å². The Bertz CT molecular complexity index is 901. The molecule has 1 aliphatic rings. The lowest BCUT2D eigenvalue weighted by atomic mass is 10.0. The minimum atomic E-state index is -1.04. The third-order valence-corrected chi connectivity index (χ3v) is 6.48. The van der Waals surface area contributed by atoms with Gasteiger partial charge in [0.05, 0.1) is 26.2 Å². The zero-order valence-electron chi connectivity index (χ0n) is 20.0. The molecule has 0 saturated carbocycles. The maximum absolute atomic E-state index is 11.7. The molecule has 0 radical (unpaired) electrons. The summed E-state index contributed by atoms with van der Waals surface area (Å²) >= 11 is 3.40. The Kier molecular flexibility index (Phi) is 12.2. The molecule has 2 rings (SSSR count). The number of hydrogen-bond donors (Lipinski definition) is 4. The number of carboxylic acids is 4. The van der Waals surface area contributed by atoms with Crippen LogP contribution in [0.25, 0.3) is 0 Å². The summed E-state index contributed by atoms with van der Waals surface area (Å²) in [5, 5.41) is 37.7. The molecular weight excluding hydrogens is 540 g/mol. The van der Waals surface area contributed by atoms with Crippen LogP contribution < -0.4 is 0 Å². The summed E-state index contributed by atoms with van der Waals surface area (Å²) in [5.41, 5.74) is 0.941. The van der Waals surface area contributed by atoms with Crippen molar-refractivity contribution in [2.45, 2.75) is 12.5 Å². The van der Waals surface area contributed by atoms with Crippen molar-refractivity contribution in [1.29, 1.82) is 0 Å². The van der Waals surface area contributed by atoms with Crippen LogP contribution in [0.2, 0.25) is 0 Å². The summed E-state index contributed by atoms with van der Waals surface area (Å²) in [5.74, 6) is -4.13. The summed E-state index contributed by atoms with van der Waals surface area (Å²) in [6, 6.07) is 7.19. The quantitative estimate of drug-likeness (QED) is 0.295. The van der Waals surface area contributed by atoms with Gasteiger partial charge in [0, 0.05) is 56.3 Å². The summed E-state index contributed by atoms with van der Waals surface area (Å²) in [7, 11) is 0. The van der Waals surface area contributed by atoms with Crippen molar-refractivity contribution >= 4 is 39.8 Å². The number of carboxylic acid groups (broad SMARTS) is 4. The first kappa shape index (κ1) is 29.6. The van der Waals surface area contributed by atoms with Gasteiger partial charge in [-0.3, -0.25) is 38.8 Å². The Balaban J connectivity index is 2.38. The van der Waals surface area contributed by atoms with Gasteiger partial charge >= 0.3 is 23.9 Å². The number of carbonyl (C=O) groups is 4. The van der Waals surface area contributed by atoms with Crippen LogP contribution in [0, 0.1) is 0 Å². The van der Waals surface area contributed by atoms with E-state index in [0.29, 0.717) is 6.42 Å². The van der Waals surface area contributed by atoms with Crippen LogP contribution in [0.4, 0.5) is 0 Å². The Morgan fingerprint density at radius 1 is 0.667 bits per heavy atom. The summed E-state index contributed by atoms with van der Waals surface area (Å²) in [4.78, 5) is 52.9. The maximum Gasteiger partial charge on any atom is 0.317 e. The highest BCUT2D eigenvalue weighted by atomic mass is 79.9. The normalized spacial score (nSPS) is 19.8. The van der Waals surface area contributed by atoms with E-state index >= 15 is 0 Å². The van der Waals surface area contributed by atoms with Crippen molar-refractivity contribution in [3.63, 3.8) is 0 Å². The third kappa shape index (κ3) is 11.4. The second kappa shape index (κ2) is 14.9. The molecule has 0 spiro atoms. The van der Waals surface area contributed by atoms with Gasteiger partial charge in [0.15, 0.2) is 0 Å². The van der Waals surface area contributed by atoms with E-state index in [1.807, 2.05) is 24.3 Å². The van der Waals surface area contributed by atoms with Crippen LogP contribution in [0.5, 0.6) is 0 Å². The van der Waals surface area contributed by atoms with Crippen LogP contribution in [0.1, 0.15) is 5.56 Å². The second-order valence-electron chi connectivity index (χ2n) is 8.82. The highest BCUT2D eigenvalue weighted by molar-refractivity contribution is 9.10. The predicted molar refractivity (Wildman–Crippen MR) is 133 cm³/mol. The predicted octanol–water partition coefficient (Wildman–Crippen LogP) is -0.0798. The number of hydrogen-bond acceptors (Lipinski definition) is 8. The van der Waals surface area contributed by atoms with Gasteiger partial charge in [0.25, 0.3) is 0 Å². The van der Waals surface area contributed by atoms with E-state index in [1.54, 1.807) is 19.6 Å². The number of aliphatic carboxylic acids is 4. The zero-order chi connectivity index (χ0) is 26.7. The molecule has 0 aromatic heterocycles. The molecular formula is C23H33BrN4O8. The fourth-order valence-electron chi connectivity index (χ4n) is 4.25. The molecule has 13 heteroatoms. The highest BCUT2D eigenvalue weighted by Gasteiger charge is 2.27. The number of halogens is 1. The summed E-state index contributed by atoms with van der Waals surface area (Å²) in [6.07, 6.45) is 0.453. The molecule has 12 nitrogen and oxygen atoms in total. The van der Waals surface area contributed by atoms with Crippen molar-refractivity contribution in [3.8, 4) is 0 Å². The molecule has 200 valence electrons. The molecule has 36 heavy (non-hydrogen) atoms. The lowest BCUT2D eigenvalue weighted by Crippen LogP contribution is -2.53. The van der Waals surface area contributed by atoms with Gasteiger partial charge in [0.2, 0.25) is 0 Å². The standard InChI is InChI=1S/C23H33BrN4O8/c24-18-3-1-17(2-4-18)11-19-12-27(15-22(33)34)8-7-25(13-20(29)30)5-6-26(14-21(31)32)9-10-28(19)16-23(35)36/h1-4,19H,5-16H2,(H,29,30)(H,31,32)(H,33,34)(H,35,36). The fourth-order valence-corrected chi connectivity index (χ4v) is 4.51. The van der Waals surface area contributed by atoms with Crippen LogP contribution in [0.3, 0.4) is 0 Å². The molecule has 0 amide bonds. The maximum atomic E-state index is 11.7. The largest absolute Gasteiger partial charge is 0.480 e. The minimum absolute atomic E-state index is 0.246. The first-order valence-corrected chi connectivity index (χ1v) is 12.3. The minimum Gasteiger partial charge on any atom is -0.480 e. The van der Waals surface area contributed by atoms with Crippen molar-refractivity contribution in [1.82, 2.24) is 19.6 Å². The van der Waals surface area contributed by atoms with E-state index < -0.39 is 23.9 Å². The van der Waals surface area contributed by atoms with Gasteiger partial charge in [-0.15, -0.1) is 0 Å². The van der Waals surface area contributed by atoms with E-state index in [0.717, 1.165) is 10.0 Å². The SMILES string of the molecule is O=C(O)CN1CCN(CC(=O)O)CCN(CC(=O)O)C(Cc2ccc(Br)cc2)CN(CC(=O)O)CC1. The lowest BCUT2D eigenvalue weighted by molar-refractivity contribution is -0.142. The summed E-state index contributed by atoms with van der Waals surface area (Å²) in [6.45, 7) is 0.767. The van der Waals surface area contributed by atoms with Crippen LogP contribution in [-0.4, -0.2) is 142 Å². The smallest absolute Gasteiger partial charge is 0.317 e. The van der Waals surface area contributed by atoms with Gasteiger partial charge in [-0.05, 0) is 24.1 Å². The molecule has 1 fully saturated rings. The van der Waals surface area contributed by atoms with E-state index in [-0.39, 0.29) is 78.0 Å². The Morgan fingerprint density at radius 2 is 1.08 bits per heavy atom. The molecule has 0 bridgehead atoms. The van der Waals surface area contributed by atoms with Crippen molar-refractivity contribution in [3.05, 3.63) is 34.3 Å². The van der Waals surface area contributed by atoms with Gasteiger partial charge < -0.3 is 20.4 Å². The molecule has 1 unspecified atom stereocenters. The number of rotatable bonds is 10. The molecule has 1 saturated heterocycles. The van der Waals surface area contributed by atoms with Gasteiger partial charge in [-0.1, -0.05) is 28.1 Å². The van der Waals surface area contributed by atoms with Crippen LogP contribution >= 0.6 is 15.9 Å². The van der Waals surface area contributed by atoms with Crippen molar-refractivity contribution in [2.24, 2.45) is 0 Å². The molecule has 1 atom stereocenters. The molecule has 1 aromatic carbocycles. The Labute approximate surface area is 217 Å². The van der Waals surface area contributed by atoms with Gasteiger partial charge in [-0.25, -0.2) is 0 Å². The molecule has 4 N–H and O–H groups in total. The molecule has 1 aliphatic heterocycles. The zero-order valence-corrected chi connectivity index (χ0v) is 21.5. The van der Waals surface area contributed by atoms with Gasteiger partial charge in [0.1, 0.15) is 0 Å². The van der Waals surface area contributed by atoms with Crippen LogP contribution in [-0.2, 0) is 25.6 Å². The van der Waals surface area contributed by atoms with Crippen molar-refractivity contribution < 1.29 is 39.6 Å². The Morgan fingerprint density at radius 3 is 1.56 bits per heavy atom. The van der Waals surface area contributed by atoms with E-state index in [2.05, 4.69) is 15.9 Å². The molecule has 1 aromatic rings. The average molecular weight is 573 g/mol. The Hall–Kier alpha value is -2.58. The third-order valence-electron chi connectivity index (χ3n) is 5.95. The summed E-state index contributed by atoms with van der Waals surface area (Å²) < 4.78 is 0.891. The fraction of sp³-hybridized carbons (Fsp3) is 0.565. The first-order chi connectivity index (χ1) is 17.0. The van der Waals surface area contributed by atoms with E-state index in [4.69, 9.17) is 0 Å². The van der Waals surface area contributed by atoms with Crippen molar-refractivity contribution in [2.75, 3.05) is 72.0 Å². The number of benzene rings is 1. The highest BCUT2D eigenvalue weighted by Crippen LogP contribution is 2.16. The monoisotopic (exact) mass is 572 g/mol. The van der Waals surface area contributed by atoms with Crippen LogP contribution in [0.15, 0.2) is 28.7 Å². The second-order valence-corrected chi connectivity index (χ2v) is 9.73. The average Bonchev–Trinajstić information content (AvgIpc) is 2.76. The topological polar surface area (TPSA) is 162 Å². The van der Waals surface area contributed by atoms with Gasteiger partial charge in [-0.2, -0.15) is 0 Å². The lowest BCUT2D eigenvalue weighted by Gasteiger charge is -2.37.